The second-order valence-corrected chi connectivity index (χ2v) is 6.03. The molecule has 3 aromatic rings. The van der Waals surface area contributed by atoms with Crippen molar-refractivity contribution >= 4 is 16.8 Å². The van der Waals surface area contributed by atoms with Gasteiger partial charge in [0, 0.05) is 36.4 Å². The molecule has 0 saturated carbocycles. The first kappa shape index (κ1) is 14.9. The SMILES string of the molecule is Cc1ccc2ncccc2c1-c1c[nH]c(C(=O)N2CCOCC2)c1. The molecular formula is C19H19N3O2. The molecule has 1 aliphatic heterocycles. The number of benzene rings is 1. The van der Waals surface area contributed by atoms with Crippen molar-refractivity contribution in [1.29, 1.82) is 0 Å². The third kappa shape index (κ3) is 2.57. The number of aryl methyl sites for hydroxylation is 1. The lowest BCUT2D eigenvalue weighted by Gasteiger charge is -2.26. The number of hydrogen-bond donors (Lipinski definition) is 1. The van der Waals surface area contributed by atoms with Crippen LogP contribution in [0, 0.1) is 6.92 Å². The van der Waals surface area contributed by atoms with Crippen LogP contribution in [0.1, 0.15) is 16.1 Å². The molecule has 1 saturated heterocycles. The van der Waals surface area contributed by atoms with E-state index in [1.165, 1.54) is 5.56 Å². The fourth-order valence-electron chi connectivity index (χ4n) is 3.24. The molecule has 24 heavy (non-hydrogen) atoms. The molecule has 1 N–H and O–H groups in total. The van der Waals surface area contributed by atoms with Crippen LogP contribution >= 0.6 is 0 Å². The van der Waals surface area contributed by atoms with E-state index in [0.717, 1.165) is 22.0 Å². The summed E-state index contributed by atoms with van der Waals surface area (Å²) in [6.07, 6.45) is 3.70. The van der Waals surface area contributed by atoms with Crippen molar-refractivity contribution in [2.75, 3.05) is 26.3 Å². The third-order valence-electron chi connectivity index (χ3n) is 4.49. The number of pyridine rings is 1. The summed E-state index contributed by atoms with van der Waals surface area (Å²) in [7, 11) is 0. The number of aromatic amines is 1. The Morgan fingerprint density at radius 2 is 2.08 bits per heavy atom. The smallest absolute Gasteiger partial charge is 0.270 e. The van der Waals surface area contributed by atoms with Gasteiger partial charge in [-0.05, 0) is 36.2 Å². The van der Waals surface area contributed by atoms with Gasteiger partial charge in [0.15, 0.2) is 0 Å². The van der Waals surface area contributed by atoms with E-state index in [4.69, 9.17) is 4.74 Å². The summed E-state index contributed by atoms with van der Waals surface area (Å²) in [5.41, 5.74) is 4.88. The minimum Gasteiger partial charge on any atom is -0.378 e. The molecule has 2 aromatic heterocycles. The van der Waals surface area contributed by atoms with E-state index < -0.39 is 0 Å². The Bertz CT molecular complexity index is 895. The number of nitrogens with one attached hydrogen (secondary N) is 1. The first-order chi connectivity index (χ1) is 11.7. The highest BCUT2D eigenvalue weighted by Gasteiger charge is 2.20. The molecule has 0 atom stereocenters. The molecule has 0 unspecified atom stereocenters. The van der Waals surface area contributed by atoms with Gasteiger partial charge < -0.3 is 14.6 Å². The van der Waals surface area contributed by atoms with Gasteiger partial charge in [0.1, 0.15) is 5.69 Å². The first-order valence-electron chi connectivity index (χ1n) is 8.14. The average molecular weight is 321 g/mol. The molecule has 0 aliphatic carbocycles. The van der Waals surface area contributed by atoms with Gasteiger partial charge in [-0.3, -0.25) is 9.78 Å². The molecule has 1 amide bonds. The predicted molar refractivity (Wildman–Crippen MR) is 93.0 cm³/mol. The van der Waals surface area contributed by atoms with Crippen LogP contribution in [0.5, 0.6) is 0 Å². The Hall–Kier alpha value is -2.66. The van der Waals surface area contributed by atoms with Crippen molar-refractivity contribution in [3.63, 3.8) is 0 Å². The van der Waals surface area contributed by atoms with Crippen molar-refractivity contribution in [3.8, 4) is 11.1 Å². The van der Waals surface area contributed by atoms with Crippen molar-refractivity contribution in [1.82, 2.24) is 14.9 Å². The molecule has 0 bridgehead atoms. The van der Waals surface area contributed by atoms with Gasteiger partial charge in [-0.1, -0.05) is 12.1 Å². The molecule has 5 heteroatoms. The average Bonchev–Trinajstić information content (AvgIpc) is 3.11. The Morgan fingerprint density at radius 1 is 1.25 bits per heavy atom. The standard InChI is InChI=1S/C19H19N3O2/c1-13-4-5-16-15(3-2-6-20-16)18(13)14-11-17(21-12-14)19(23)22-7-9-24-10-8-22/h2-6,11-12,21H,7-10H2,1H3. The molecule has 1 aromatic carbocycles. The molecule has 1 fully saturated rings. The van der Waals surface area contributed by atoms with Crippen LogP contribution in [0.25, 0.3) is 22.0 Å². The van der Waals surface area contributed by atoms with Gasteiger partial charge in [0.25, 0.3) is 5.91 Å². The Kier molecular flexibility index (Phi) is 3.78. The number of morpholine rings is 1. The number of nitrogens with zero attached hydrogens (tertiary/aromatic N) is 2. The van der Waals surface area contributed by atoms with Crippen LogP contribution in [-0.2, 0) is 4.74 Å². The zero-order valence-electron chi connectivity index (χ0n) is 13.6. The molecule has 4 rings (SSSR count). The summed E-state index contributed by atoms with van der Waals surface area (Å²) >= 11 is 0. The Labute approximate surface area is 140 Å². The zero-order valence-corrected chi connectivity index (χ0v) is 13.6. The normalized spacial score (nSPS) is 15.0. The van der Waals surface area contributed by atoms with Gasteiger partial charge >= 0.3 is 0 Å². The van der Waals surface area contributed by atoms with E-state index in [-0.39, 0.29) is 5.91 Å². The molecule has 5 nitrogen and oxygen atoms in total. The molecule has 1 aliphatic rings. The van der Waals surface area contributed by atoms with Crippen molar-refractivity contribution in [3.05, 3.63) is 54.0 Å². The van der Waals surface area contributed by atoms with Crippen molar-refractivity contribution in [2.24, 2.45) is 0 Å². The number of carbonyl (C=O) groups excluding carboxylic acids is 1. The molecule has 0 spiro atoms. The highest BCUT2D eigenvalue weighted by atomic mass is 16.5. The number of fused-ring (bicyclic) bond motifs is 1. The van der Waals surface area contributed by atoms with Crippen LogP contribution in [-0.4, -0.2) is 47.1 Å². The largest absolute Gasteiger partial charge is 0.378 e. The number of rotatable bonds is 2. The Morgan fingerprint density at radius 3 is 2.92 bits per heavy atom. The van der Waals surface area contributed by atoms with Crippen LogP contribution < -0.4 is 0 Å². The zero-order chi connectivity index (χ0) is 16.5. The molecular weight excluding hydrogens is 302 g/mol. The van der Waals surface area contributed by atoms with E-state index in [2.05, 4.69) is 29.0 Å². The van der Waals surface area contributed by atoms with Crippen LogP contribution in [0.2, 0.25) is 0 Å². The van der Waals surface area contributed by atoms with Gasteiger partial charge in [-0.25, -0.2) is 0 Å². The maximum Gasteiger partial charge on any atom is 0.270 e. The van der Waals surface area contributed by atoms with Gasteiger partial charge in [0.2, 0.25) is 0 Å². The minimum absolute atomic E-state index is 0.0283. The fourth-order valence-corrected chi connectivity index (χ4v) is 3.24. The van der Waals surface area contributed by atoms with E-state index in [9.17, 15) is 4.79 Å². The van der Waals surface area contributed by atoms with Gasteiger partial charge in [0.05, 0.1) is 18.7 Å². The van der Waals surface area contributed by atoms with E-state index in [1.54, 1.807) is 6.20 Å². The number of aromatic nitrogens is 2. The number of H-pyrrole nitrogens is 1. The summed E-state index contributed by atoms with van der Waals surface area (Å²) in [5, 5.41) is 1.10. The summed E-state index contributed by atoms with van der Waals surface area (Å²) in [5.74, 6) is 0.0283. The van der Waals surface area contributed by atoms with Crippen molar-refractivity contribution < 1.29 is 9.53 Å². The van der Waals surface area contributed by atoms with E-state index in [1.807, 2.05) is 29.3 Å². The molecule has 3 heterocycles. The second-order valence-electron chi connectivity index (χ2n) is 6.03. The fraction of sp³-hybridized carbons (Fsp3) is 0.263. The number of amides is 1. The number of carbonyl (C=O) groups is 1. The lowest BCUT2D eigenvalue weighted by molar-refractivity contribution is 0.0299. The Balaban J connectivity index is 1.73. The molecule has 0 radical (unpaired) electrons. The van der Waals surface area contributed by atoms with Gasteiger partial charge in [-0.2, -0.15) is 0 Å². The number of ether oxygens (including phenoxy) is 1. The summed E-state index contributed by atoms with van der Waals surface area (Å²) in [6, 6.07) is 10.0. The lowest BCUT2D eigenvalue weighted by atomic mass is 9.97. The van der Waals surface area contributed by atoms with Gasteiger partial charge in [-0.15, -0.1) is 0 Å². The van der Waals surface area contributed by atoms with E-state index in [0.29, 0.717) is 32.0 Å². The topological polar surface area (TPSA) is 58.2 Å². The monoisotopic (exact) mass is 321 g/mol. The summed E-state index contributed by atoms with van der Waals surface area (Å²) < 4.78 is 5.31. The highest BCUT2D eigenvalue weighted by molar-refractivity contribution is 5.99. The van der Waals surface area contributed by atoms with Crippen LogP contribution in [0.15, 0.2) is 42.7 Å². The first-order valence-corrected chi connectivity index (χ1v) is 8.14. The summed E-state index contributed by atoms with van der Waals surface area (Å²) in [4.78, 5) is 22.0. The number of hydrogen-bond acceptors (Lipinski definition) is 3. The predicted octanol–water partition coefficient (Wildman–Crippen LogP) is 3.01. The summed E-state index contributed by atoms with van der Waals surface area (Å²) in [6.45, 7) is 4.58. The lowest BCUT2D eigenvalue weighted by Crippen LogP contribution is -2.40. The molecule has 122 valence electrons. The van der Waals surface area contributed by atoms with E-state index >= 15 is 0 Å². The maximum absolute atomic E-state index is 12.6. The third-order valence-corrected chi connectivity index (χ3v) is 4.49. The highest BCUT2D eigenvalue weighted by Crippen LogP contribution is 2.31. The quantitative estimate of drug-likeness (QED) is 0.789. The minimum atomic E-state index is 0.0283. The maximum atomic E-state index is 12.6. The van der Waals surface area contributed by atoms with Crippen molar-refractivity contribution in [2.45, 2.75) is 6.92 Å². The second kappa shape index (κ2) is 6.09. The van der Waals surface area contributed by atoms with Crippen LogP contribution in [0.4, 0.5) is 0 Å². The van der Waals surface area contributed by atoms with Crippen LogP contribution in [0.3, 0.4) is 0 Å².